The van der Waals surface area contributed by atoms with Crippen molar-refractivity contribution >= 4 is 23.3 Å². The molecule has 0 aliphatic carbocycles. The summed E-state index contributed by atoms with van der Waals surface area (Å²) in [6.07, 6.45) is 2.28. The van der Waals surface area contributed by atoms with Crippen molar-refractivity contribution in [2.75, 3.05) is 17.2 Å². The molecule has 1 aliphatic heterocycles. The number of rotatable bonds is 3. The Morgan fingerprint density at radius 2 is 1.71 bits per heavy atom. The molecule has 2 aromatic carbocycles. The third-order valence-electron chi connectivity index (χ3n) is 4.81. The van der Waals surface area contributed by atoms with Crippen LogP contribution in [0.1, 0.15) is 27.2 Å². The second-order valence-electron chi connectivity index (χ2n) is 6.88. The van der Waals surface area contributed by atoms with Gasteiger partial charge in [-0.2, -0.15) is 0 Å². The van der Waals surface area contributed by atoms with Gasteiger partial charge in [0.05, 0.1) is 6.26 Å². The Kier molecular flexibility index (Phi) is 4.85. The molecule has 1 aliphatic rings. The lowest BCUT2D eigenvalue weighted by atomic mass is 9.99. The molecule has 2 N–H and O–H groups in total. The molecule has 0 bridgehead atoms. The zero-order chi connectivity index (χ0) is 19.5. The highest BCUT2D eigenvalue weighted by atomic mass is 16.3. The average molecular weight is 375 g/mol. The van der Waals surface area contributed by atoms with Gasteiger partial charge in [-0.05, 0) is 60.9 Å². The topological polar surface area (TPSA) is 74.6 Å². The lowest BCUT2D eigenvalue weighted by Crippen LogP contribution is -2.35. The van der Waals surface area contributed by atoms with E-state index in [0.717, 1.165) is 23.2 Å². The highest BCUT2D eigenvalue weighted by Crippen LogP contribution is 2.24. The first kappa shape index (κ1) is 17.9. The van der Waals surface area contributed by atoms with Crippen LogP contribution in [0.25, 0.3) is 0 Å². The van der Waals surface area contributed by atoms with Crippen LogP contribution in [0.15, 0.2) is 65.3 Å². The third-order valence-corrected chi connectivity index (χ3v) is 4.81. The summed E-state index contributed by atoms with van der Waals surface area (Å²) >= 11 is 0. The van der Waals surface area contributed by atoms with Gasteiger partial charge in [-0.25, -0.2) is 4.79 Å². The van der Waals surface area contributed by atoms with Gasteiger partial charge in [0.15, 0.2) is 5.76 Å². The summed E-state index contributed by atoms with van der Waals surface area (Å²) in [4.78, 5) is 26.5. The monoisotopic (exact) mass is 375 g/mol. The molecule has 0 saturated heterocycles. The van der Waals surface area contributed by atoms with Crippen molar-refractivity contribution < 1.29 is 14.0 Å². The van der Waals surface area contributed by atoms with E-state index in [1.54, 1.807) is 17.0 Å². The molecule has 0 fully saturated rings. The van der Waals surface area contributed by atoms with E-state index in [1.165, 1.54) is 11.8 Å². The first-order valence-electron chi connectivity index (χ1n) is 9.18. The van der Waals surface area contributed by atoms with Crippen LogP contribution in [0, 0.1) is 6.92 Å². The molecule has 0 saturated carbocycles. The fourth-order valence-corrected chi connectivity index (χ4v) is 3.29. The summed E-state index contributed by atoms with van der Waals surface area (Å²) in [7, 11) is 0. The number of nitrogens with one attached hydrogen (secondary N) is 2. The van der Waals surface area contributed by atoms with E-state index < -0.39 is 0 Å². The number of nitrogens with zero attached hydrogens (tertiary/aromatic N) is 1. The molecule has 0 unspecified atom stereocenters. The number of urea groups is 1. The SMILES string of the molecule is Cc1ccc(NC(=O)Nc2ccc3c(c2)CN(C(=O)c2ccco2)CC3)cc1. The van der Waals surface area contributed by atoms with Crippen molar-refractivity contribution in [3.63, 3.8) is 0 Å². The number of aryl methyl sites for hydroxylation is 1. The van der Waals surface area contributed by atoms with Crippen LogP contribution in [-0.2, 0) is 13.0 Å². The normalized spacial score (nSPS) is 13.0. The standard InChI is InChI=1S/C22H21N3O3/c1-15-4-7-18(8-5-15)23-22(27)24-19-9-6-16-10-11-25(14-17(16)13-19)21(26)20-3-2-12-28-20/h2-9,12-13H,10-11,14H2,1H3,(H2,23,24,27). The number of anilines is 2. The molecule has 0 atom stereocenters. The number of hydrogen-bond acceptors (Lipinski definition) is 3. The summed E-state index contributed by atoms with van der Waals surface area (Å²) in [5, 5.41) is 5.67. The first-order chi connectivity index (χ1) is 13.6. The molecule has 1 aromatic heterocycles. The second-order valence-corrected chi connectivity index (χ2v) is 6.88. The maximum absolute atomic E-state index is 12.5. The van der Waals surface area contributed by atoms with Crippen molar-refractivity contribution in [2.24, 2.45) is 0 Å². The number of carbonyl (C=O) groups excluding carboxylic acids is 2. The summed E-state index contributed by atoms with van der Waals surface area (Å²) in [6, 6.07) is 16.5. The highest BCUT2D eigenvalue weighted by molar-refractivity contribution is 5.99. The zero-order valence-corrected chi connectivity index (χ0v) is 15.6. The number of amides is 3. The lowest BCUT2D eigenvalue weighted by Gasteiger charge is -2.28. The predicted molar refractivity (Wildman–Crippen MR) is 107 cm³/mol. The minimum absolute atomic E-state index is 0.119. The molecular formula is C22H21N3O3. The Labute approximate surface area is 163 Å². The molecular weight excluding hydrogens is 354 g/mol. The fourth-order valence-electron chi connectivity index (χ4n) is 3.29. The van der Waals surface area contributed by atoms with Crippen molar-refractivity contribution in [3.8, 4) is 0 Å². The molecule has 4 rings (SSSR count). The van der Waals surface area contributed by atoms with Crippen molar-refractivity contribution in [1.29, 1.82) is 0 Å². The smallest absolute Gasteiger partial charge is 0.323 e. The van der Waals surface area contributed by atoms with Crippen LogP contribution in [0.5, 0.6) is 0 Å². The van der Waals surface area contributed by atoms with Gasteiger partial charge in [0, 0.05) is 24.5 Å². The second kappa shape index (κ2) is 7.60. The maximum Gasteiger partial charge on any atom is 0.323 e. The van der Waals surface area contributed by atoms with E-state index in [0.29, 0.717) is 24.5 Å². The number of furan rings is 1. The van der Waals surface area contributed by atoms with E-state index in [2.05, 4.69) is 10.6 Å². The van der Waals surface area contributed by atoms with Gasteiger partial charge in [0.25, 0.3) is 5.91 Å². The van der Waals surface area contributed by atoms with Gasteiger partial charge in [-0.3, -0.25) is 4.79 Å². The maximum atomic E-state index is 12.5. The molecule has 2 heterocycles. The predicted octanol–water partition coefficient (Wildman–Crippen LogP) is 4.43. The van der Waals surface area contributed by atoms with Crippen LogP contribution >= 0.6 is 0 Å². The summed E-state index contributed by atoms with van der Waals surface area (Å²) in [6.45, 7) is 3.13. The van der Waals surface area contributed by atoms with Gasteiger partial charge in [0.1, 0.15) is 0 Å². The number of fused-ring (bicyclic) bond motifs is 1. The van der Waals surface area contributed by atoms with Gasteiger partial charge in [-0.1, -0.05) is 23.8 Å². The van der Waals surface area contributed by atoms with Crippen molar-refractivity contribution in [3.05, 3.63) is 83.3 Å². The zero-order valence-electron chi connectivity index (χ0n) is 15.6. The molecule has 0 radical (unpaired) electrons. The fraction of sp³-hybridized carbons (Fsp3) is 0.182. The van der Waals surface area contributed by atoms with E-state index >= 15 is 0 Å². The number of benzene rings is 2. The van der Waals surface area contributed by atoms with Crippen molar-refractivity contribution in [2.45, 2.75) is 19.9 Å². The van der Waals surface area contributed by atoms with Gasteiger partial charge >= 0.3 is 6.03 Å². The van der Waals surface area contributed by atoms with Crippen LogP contribution in [0.3, 0.4) is 0 Å². The van der Waals surface area contributed by atoms with Crippen LogP contribution in [0.2, 0.25) is 0 Å². The molecule has 6 heteroatoms. The Morgan fingerprint density at radius 3 is 2.46 bits per heavy atom. The molecule has 3 aromatic rings. The largest absolute Gasteiger partial charge is 0.459 e. The lowest BCUT2D eigenvalue weighted by molar-refractivity contribution is 0.0702. The Bertz CT molecular complexity index is 994. The Morgan fingerprint density at radius 1 is 0.964 bits per heavy atom. The number of hydrogen-bond donors (Lipinski definition) is 2. The van der Waals surface area contributed by atoms with Crippen LogP contribution < -0.4 is 10.6 Å². The quantitative estimate of drug-likeness (QED) is 0.711. The van der Waals surface area contributed by atoms with E-state index in [4.69, 9.17) is 4.42 Å². The van der Waals surface area contributed by atoms with Crippen molar-refractivity contribution in [1.82, 2.24) is 4.90 Å². The van der Waals surface area contributed by atoms with Gasteiger partial charge in [-0.15, -0.1) is 0 Å². The Balaban J connectivity index is 1.43. The van der Waals surface area contributed by atoms with Crippen LogP contribution in [0.4, 0.5) is 16.2 Å². The summed E-state index contributed by atoms with van der Waals surface area (Å²) in [5.74, 6) is 0.223. The van der Waals surface area contributed by atoms with Gasteiger partial charge in [0.2, 0.25) is 0 Å². The summed E-state index contributed by atoms with van der Waals surface area (Å²) < 4.78 is 5.22. The minimum Gasteiger partial charge on any atom is -0.459 e. The first-order valence-corrected chi connectivity index (χ1v) is 9.18. The molecule has 28 heavy (non-hydrogen) atoms. The highest BCUT2D eigenvalue weighted by Gasteiger charge is 2.23. The van der Waals surface area contributed by atoms with E-state index in [1.807, 2.05) is 49.4 Å². The van der Waals surface area contributed by atoms with E-state index in [9.17, 15) is 9.59 Å². The number of carbonyl (C=O) groups is 2. The van der Waals surface area contributed by atoms with Gasteiger partial charge < -0.3 is 20.0 Å². The molecule has 142 valence electrons. The van der Waals surface area contributed by atoms with E-state index in [-0.39, 0.29) is 11.9 Å². The average Bonchev–Trinajstić information content (AvgIpc) is 3.23. The third kappa shape index (κ3) is 3.91. The molecule has 0 spiro atoms. The Hall–Kier alpha value is -3.54. The summed E-state index contributed by atoms with van der Waals surface area (Å²) in [5.41, 5.74) is 4.77. The molecule has 6 nitrogen and oxygen atoms in total. The van der Waals surface area contributed by atoms with Crippen LogP contribution in [-0.4, -0.2) is 23.4 Å². The minimum atomic E-state index is -0.303. The molecule has 3 amide bonds.